The van der Waals surface area contributed by atoms with Crippen molar-refractivity contribution in [3.63, 3.8) is 0 Å². The van der Waals surface area contributed by atoms with E-state index in [4.69, 9.17) is 4.74 Å². The molecule has 1 rings (SSSR count). The molecule has 0 bridgehead atoms. The van der Waals surface area contributed by atoms with Crippen molar-refractivity contribution in [1.29, 1.82) is 0 Å². The SMILES string of the molecule is CCCN/C=C(/COC(c1ccc(C)c(CO)c1)C(C)(C)C=O)NC. The molecular formula is C20H32N2O3. The van der Waals surface area contributed by atoms with Gasteiger partial charge in [0.05, 0.1) is 30.4 Å². The average molecular weight is 348 g/mol. The number of carbonyl (C=O) groups is 1. The lowest BCUT2D eigenvalue weighted by atomic mass is 9.83. The van der Waals surface area contributed by atoms with Gasteiger partial charge in [0.25, 0.3) is 0 Å². The number of nitrogens with one attached hydrogen (secondary N) is 2. The summed E-state index contributed by atoms with van der Waals surface area (Å²) in [6.07, 6.45) is 3.47. The van der Waals surface area contributed by atoms with Gasteiger partial charge in [-0.25, -0.2) is 0 Å². The predicted molar refractivity (Wildman–Crippen MR) is 101 cm³/mol. The number of ether oxygens (including phenoxy) is 1. The molecule has 25 heavy (non-hydrogen) atoms. The molecule has 0 fully saturated rings. The second-order valence-electron chi connectivity index (χ2n) is 6.85. The van der Waals surface area contributed by atoms with Crippen LogP contribution >= 0.6 is 0 Å². The van der Waals surface area contributed by atoms with E-state index < -0.39 is 11.5 Å². The number of benzene rings is 1. The summed E-state index contributed by atoms with van der Waals surface area (Å²) in [5.41, 5.74) is 2.99. The van der Waals surface area contributed by atoms with Crippen molar-refractivity contribution in [3.8, 4) is 0 Å². The smallest absolute Gasteiger partial charge is 0.128 e. The van der Waals surface area contributed by atoms with Gasteiger partial charge in [0.1, 0.15) is 6.29 Å². The fraction of sp³-hybridized carbons (Fsp3) is 0.550. The van der Waals surface area contributed by atoms with Gasteiger partial charge in [0.15, 0.2) is 0 Å². The lowest BCUT2D eigenvalue weighted by Crippen LogP contribution is -2.28. The Kier molecular flexibility index (Phi) is 8.66. The maximum Gasteiger partial charge on any atom is 0.128 e. The van der Waals surface area contributed by atoms with E-state index in [1.165, 1.54) is 0 Å². The van der Waals surface area contributed by atoms with Crippen LogP contribution in [0.15, 0.2) is 30.1 Å². The second-order valence-corrected chi connectivity index (χ2v) is 6.85. The first-order valence-corrected chi connectivity index (χ1v) is 8.78. The van der Waals surface area contributed by atoms with Crippen LogP contribution in [0.1, 0.15) is 50.0 Å². The van der Waals surface area contributed by atoms with Crippen LogP contribution in [0.5, 0.6) is 0 Å². The first-order valence-electron chi connectivity index (χ1n) is 8.78. The molecular weight excluding hydrogens is 316 g/mol. The van der Waals surface area contributed by atoms with E-state index in [0.717, 1.165) is 41.6 Å². The highest BCUT2D eigenvalue weighted by Gasteiger charge is 2.32. The van der Waals surface area contributed by atoms with Gasteiger partial charge in [-0.15, -0.1) is 0 Å². The summed E-state index contributed by atoms with van der Waals surface area (Å²) in [5, 5.41) is 15.9. The minimum absolute atomic E-state index is 0.0312. The third-order valence-corrected chi connectivity index (χ3v) is 4.22. The van der Waals surface area contributed by atoms with E-state index in [1.807, 2.05) is 52.2 Å². The first kappa shape index (κ1) is 21.2. The van der Waals surface area contributed by atoms with Gasteiger partial charge in [-0.2, -0.15) is 0 Å². The summed E-state index contributed by atoms with van der Waals surface area (Å²) in [4.78, 5) is 11.6. The van der Waals surface area contributed by atoms with Gasteiger partial charge >= 0.3 is 0 Å². The van der Waals surface area contributed by atoms with Gasteiger partial charge in [-0.3, -0.25) is 0 Å². The summed E-state index contributed by atoms with van der Waals surface area (Å²) in [7, 11) is 1.85. The van der Waals surface area contributed by atoms with Crippen molar-refractivity contribution < 1.29 is 14.6 Å². The molecule has 0 heterocycles. The molecule has 140 valence electrons. The highest BCUT2D eigenvalue weighted by molar-refractivity contribution is 5.60. The number of aryl methyl sites for hydroxylation is 1. The number of rotatable bonds is 11. The van der Waals surface area contributed by atoms with E-state index in [0.29, 0.717) is 6.61 Å². The minimum atomic E-state index is -0.683. The van der Waals surface area contributed by atoms with Crippen LogP contribution < -0.4 is 10.6 Å². The van der Waals surface area contributed by atoms with Crippen LogP contribution in [0.2, 0.25) is 0 Å². The Morgan fingerprint density at radius 1 is 1.40 bits per heavy atom. The van der Waals surface area contributed by atoms with Crippen molar-refractivity contribution in [1.82, 2.24) is 10.6 Å². The molecule has 0 saturated heterocycles. The normalized spacial score (nSPS) is 13.4. The maximum atomic E-state index is 11.6. The van der Waals surface area contributed by atoms with Crippen molar-refractivity contribution in [3.05, 3.63) is 46.8 Å². The molecule has 5 nitrogen and oxygen atoms in total. The van der Waals surface area contributed by atoms with Crippen molar-refractivity contribution in [2.45, 2.75) is 46.8 Å². The summed E-state index contributed by atoms with van der Waals surface area (Å²) in [6.45, 7) is 9.01. The number of hydrogen-bond donors (Lipinski definition) is 3. The molecule has 0 spiro atoms. The third kappa shape index (κ3) is 6.18. The van der Waals surface area contributed by atoms with Crippen LogP contribution in [0.3, 0.4) is 0 Å². The Morgan fingerprint density at radius 2 is 2.12 bits per heavy atom. The molecule has 0 radical (unpaired) electrons. The molecule has 1 unspecified atom stereocenters. The van der Waals surface area contributed by atoms with Crippen LogP contribution in [-0.2, 0) is 16.1 Å². The summed E-state index contributed by atoms with van der Waals surface area (Å²) in [5.74, 6) is 0. The molecule has 0 saturated carbocycles. The highest BCUT2D eigenvalue weighted by Crippen LogP contribution is 2.36. The zero-order valence-electron chi connectivity index (χ0n) is 16.1. The largest absolute Gasteiger partial charge is 0.392 e. The van der Waals surface area contributed by atoms with E-state index in [-0.39, 0.29) is 6.61 Å². The fourth-order valence-corrected chi connectivity index (χ4v) is 2.53. The third-order valence-electron chi connectivity index (χ3n) is 4.22. The second kappa shape index (κ2) is 10.2. The summed E-state index contributed by atoms with van der Waals surface area (Å²) >= 11 is 0. The summed E-state index contributed by atoms with van der Waals surface area (Å²) < 4.78 is 6.12. The zero-order valence-corrected chi connectivity index (χ0v) is 16.1. The number of aliphatic hydroxyl groups is 1. The monoisotopic (exact) mass is 348 g/mol. The lowest BCUT2D eigenvalue weighted by Gasteiger charge is -2.30. The van der Waals surface area contributed by atoms with Crippen molar-refractivity contribution in [2.24, 2.45) is 5.41 Å². The van der Waals surface area contributed by atoms with Gasteiger partial charge in [0, 0.05) is 19.8 Å². The number of aliphatic hydroxyl groups excluding tert-OH is 1. The number of likely N-dealkylation sites (N-methyl/N-ethyl adjacent to an activating group) is 1. The van der Waals surface area contributed by atoms with Gasteiger partial charge in [-0.05, 0) is 30.0 Å². The number of carbonyl (C=O) groups excluding carboxylic acids is 1. The Balaban J connectivity index is 3.02. The minimum Gasteiger partial charge on any atom is -0.392 e. The average Bonchev–Trinajstić information content (AvgIpc) is 2.61. The van der Waals surface area contributed by atoms with Crippen molar-refractivity contribution in [2.75, 3.05) is 20.2 Å². The fourth-order valence-electron chi connectivity index (χ4n) is 2.53. The van der Waals surface area contributed by atoms with Crippen LogP contribution in [0.4, 0.5) is 0 Å². The number of hydrogen-bond acceptors (Lipinski definition) is 5. The van der Waals surface area contributed by atoms with Crippen LogP contribution in [0, 0.1) is 12.3 Å². The Bertz CT molecular complexity index is 582. The van der Waals surface area contributed by atoms with Gasteiger partial charge < -0.3 is 25.3 Å². The standard InChI is InChI=1S/C20H32N2O3/c1-6-9-22-11-18(21-5)13-25-19(20(3,4)14-24)16-8-7-15(2)17(10-16)12-23/h7-8,10-11,14,19,21-23H,6,9,12-13H2,1-5H3/b18-11-. The Hall–Kier alpha value is -1.85. The molecule has 0 aromatic heterocycles. The summed E-state index contributed by atoms with van der Waals surface area (Å²) in [6, 6.07) is 5.83. The van der Waals surface area contributed by atoms with E-state index in [2.05, 4.69) is 17.6 Å². The van der Waals surface area contributed by atoms with E-state index in [9.17, 15) is 9.90 Å². The van der Waals surface area contributed by atoms with Gasteiger partial charge in [0.2, 0.25) is 0 Å². The maximum absolute atomic E-state index is 11.6. The quantitative estimate of drug-likeness (QED) is 0.424. The molecule has 0 amide bonds. The van der Waals surface area contributed by atoms with E-state index >= 15 is 0 Å². The molecule has 5 heteroatoms. The lowest BCUT2D eigenvalue weighted by molar-refractivity contribution is -0.123. The molecule has 0 aliphatic heterocycles. The molecule has 1 atom stereocenters. The van der Waals surface area contributed by atoms with Crippen molar-refractivity contribution >= 4 is 6.29 Å². The Labute approximate surface area is 151 Å². The topological polar surface area (TPSA) is 70.6 Å². The van der Waals surface area contributed by atoms with Gasteiger partial charge in [-0.1, -0.05) is 39.0 Å². The molecule has 3 N–H and O–H groups in total. The molecule has 0 aliphatic carbocycles. The number of aldehydes is 1. The zero-order chi connectivity index (χ0) is 18.9. The Morgan fingerprint density at radius 3 is 2.68 bits per heavy atom. The first-order chi connectivity index (χ1) is 11.9. The van der Waals surface area contributed by atoms with Crippen LogP contribution in [-0.4, -0.2) is 31.6 Å². The molecule has 0 aliphatic rings. The van der Waals surface area contributed by atoms with Crippen LogP contribution in [0.25, 0.3) is 0 Å². The van der Waals surface area contributed by atoms with E-state index in [1.54, 1.807) is 0 Å². The molecule has 1 aromatic rings. The molecule has 1 aromatic carbocycles. The predicted octanol–water partition coefficient (Wildman–Crippen LogP) is 2.83. The highest BCUT2D eigenvalue weighted by atomic mass is 16.5.